The summed E-state index contributed by atoms with van der Waals surface area (Å²) < 4.78 is 0. The molecule has 3 atom stereocenters. The molecule has 0 aliphatic carbocycles. The summed E-state index contributed by atoms with van der Waals surface area (Å²) in [6.45, 7) is 10.2. The van der Waals surface area contributed by atoms with E-state index in [-0.39, 0.29) is 35.8 Å². The Morgan fingerprint density at radius 1 is 0.364 bits per heavy atom. The fourth-order valence-electron chi connectivity index (χ4n) is 7.38. The number of nitrogens with zero attached hydrogens (tertiary/aromatic N) is 1. The number of carbonyl (C=O) groups is 3. The molecule has 0 spiro atoms. The number of nitrogens with one attached hydrogen (secondary N) is 6. The lowest BCUT2D eigenvalue weighted by Crippen LogP contribution is -2.49. The smallest absolute Gasteiger partial charge is 0.237 e. The molecule has 3 unspecified atom stereocenters. The van der Waals surface area contributed by atoms with Crippen molar-refractivity contribution in [3.8, 4) is 0 Å². The van der Waals surface area contributed by atoms with Crippen LogP contribution in [-0.2, 0) is 14.4 Å². The van der Waals surface area contributed by atoms with Crippen LogP contribution in [0.3, 0.4) is 0 Å². The second-order valence-corrected chi connectivity index (χ2v) is 16.0. The molecule has 0 bridgehead atoms. The van der Waals surface area contributed by atoms with Crippen molar-refractivity contribution >= 4 is 17.7 Å². The van der Waals surface area contributed by atoms with Gasteiger partial charge in [0.1, 0.15) is 0 Å². The van der Waals surface area contributed by atoms with Gasteiger partial charge in [-0.1, -0.05) is 175 Å². The molecule has 0 saturated heterocycles. The maximum atomic E-state index is 13.1. The third-order valence-electron chi connectivity index (χ3n) is 11.2. The molecule has 10 heteroatoms. The van der Waals surface area contributed by atoms with Gasteiger partial charge in [-0.05, 0) is 40.4 Å². The summed E-state index contributed by atoms with van der Waals surface area (Å²) in [4.78, 5) is 41.4. The predicted molar refractivity (Wildman–Crippen MR) is 236 cm³/mol. The number of amides is 3. The second-order valence-electron chi connectivity index (χ2n) is 16.0. The minimum atomic E-state index is -0.189. The molecule has 0 radical (unpaired) electrons. The Balaban J connectivity index is 4.90. The Kier molecular flexibility index (Phi) is 39.2. The average molecular weight is 780 g/mol. The van der Waals surface area contributed by atoms with E-state index in [0.29, 0.717) is 39.3 Å². The SMILES string of the molecule is CCCCCCCCCCC(NC)C(=O)NCCN(CCNC(=O)C(CCCCCCCCCC)NC)CCNC(=O)C(CCCCCCCCCC)NC. The Hall–Kier alpha value is -1.75. The molecule has 0 fully saturated rings. The molecule has 0 saturated carbocycles. The maximum absolute atomic E-state index is 13.1. The number of likely N-dealkylation sites (N-methyl/N-ethyl adjacent to an activating group) is 3. The first-order valence-electron chi connectivity index (χ1n) is 23.4. The molecule has 0 aliphatic heterocycles. The highest BCUT2D eigenvalue weighted by atomic mass is 16.2. The van der Waals surface area contributed by atoms with Crippen molar-refractivity contribution < 1.29 is 14.4 Å². The van der Waals surface area contributed by atoms with Gasteiger partial charge in [0.2, 0.25) is 17.7 Å². The monoisotopic (exact) mass is 780 g/mol. The first-order valence-corrected chi connectivity index (χ1v) is 23.4. The van der Waals surface area contributed by atoms with E-state index in [1.807, 2.05) is 21.1 Å². The highest BCUT2D eigenvalue weighted by Crippen LogP contribution is 2.13. The van der Waals surface area contributed by atoms with Gasteiger partial charge in [0.05, 0.1) is 18.1 Å². The highest BCUT2D eigenvalue weighted by molar-refractivity contribution is 5.82. The van der Waals surface area contributed by atoms with Crippen LogP contribution in [0.1, 0.15) is 194 Å². The minimum absolute atomic E-state index is 0.0441. The lowest BCUT2D eigenvalue weighted by atomic mass is 10.0. The van der Waals surface area contributed by atoms with Gasteiger partial charge in [-0.3, -0.25) is 19.3 Å². The second kappa shape index (κ2) is 40.4. The van der Waals surface area contributed by atoms with Gasteiger partial charge in [-0.25, -0.2) is 0 Å². The van der Waals surface area contributed by atoms with E-state index in [1.165, 1.54) is 135 Å². The van der Waals surface area contributed by atoms with Gasteiger partial charge < -0.3 is 31.9 Å². The van der Waals surface area contributed by atoms with E-state index in [1.54, 1.807) is 0 Å². The Morgan fingerprint density at radius 3 is 0.800 bits per heavy atom. The average Bonchev–Trinajstić information content (AvgIpc) is 3.18. The van der Waals surface area contributed by atoms with Crippen molar-refractivity contribution in [1.82, 2.24) is 36.8 Å². The van der Waals surface area contributed by atoms with E-state index in [9.17, 15) is 14.4 Å². The van der Waals surface area contributed by atoms with Gasteiger partial charge in [0.15, 0.2) is 0 Å². The summed E-state index contributed by atoms with van der Waals surface area (Å²) in [5.74, 6) is 0.132. The van der Waals surface area contributed by atoms with E-state index in [4.69, 9.17) is 0 Å². The summed E-state index contributed by atoms with van der Waals surface area (Å²) in [5, 5.41) is 19.1. The summed E-state index contributed by atoms with van der Waals surface area (Å²) in [6, 6.07) is -0.566. The van der Waals surface area contributed by atoms with Crippen LogP contribution in [-0.4, -0.2) is 101 Å². The van der Waals surface area contributed by atoms with Crippen LogP contribution in [0.2, 0.25) is 0 Å². The molecule has 6 N–H and O–H groups in total. The van der Waals surface area contributed by atoms with Crippen LogP contribution in [0.4, 0.5) is 0 Å². The largest absolute Gasteiger partial charge is 0.353 e. The lowest BCUT2D eigenvalue weighted by Gasteiger charge is -2.25. The fourth-order valence-corrected chi connectivity index (χ4v) is 7.38. The van der Waals surface area contributed by atoms with Gasteiger partial charge in [0.25, 0.3) is 0 Å². The molecule has 0 heterocycles. The third kappa shape index (κ3) is 32.0. The van der Waals surface area contributed by atoms with Crippen molar-refractivity contribution in [2.45, 2.75) is 212 Å². The molecule has 55 heavy (non-hydrogen) atoms. The van der Waals surface area contributed by atoms with E-state index in [2.05, 4.69) is 57.6 Å². The molecule has 3 amide bonds. The molecule has 326 valence electrons. The zero-order valence-corrected chi connectivity index (χ0v) is 37.2. The van der Waals surface area contributed by atoms with Crippen LogP contribution < -0.4 is 31.9 Å². The van der Waals surface area contributed by atoms with Crippen molar-refractivity contribution in [2.75, 3.05) is 60.4 Å². The predicted octanol–water partition coefficient (Wildman–Crippen LogP) is 7.99. The molecule has 0 rings (SSSR count). The fraction of sp³-hybridized carbons (Fsp3) is 0.933. The van der Waals surface area contributed by atoms with Crippen molar-refractivity contribution in [3.05, 3.63) is 0 Å². The minimum Gasteiger partial charge on any atom is -0.353 e. The Labute approximate surface area is 340 Å². The normalized spacial score (nSPS) is 13.1. The highest BCUT2D eigenvalue weighted by Gasteiger charge is 2.19. The summed E-state index contributed by atoms with van der Waals surface area (Å²) in [7, 11) is 5.60. The number of rotatable bonds is 42. The van der Waals surface area contributed by atoms with E-state index >= 15 is 0 Å². The molecular formula is C45H93N7O3. The Morgan fingerprint density at radius 2 is 0.582 bits per heavy atom. The zero-order chi connectivity index (χ0) is 40.6. The van der Waals surface area contributed by atoms with Gasteiger partial charge in [-0.15, -0.1) is 0 Å². The quantitative estimate of drug-likeness (QED) is 0.0347. The van der Waals surface area contributed by atoms with Crippen LogP contribution >= 0.6 is 0 Å². The van der Waals surface area contributed by atoms with Gasteiger partial charge >= 0.3 is 0 Å². The molecule has 10 nitrogen and oxygen atoms in total. The van der Waals surface area contributed by atoms with Crippen LogP contribution in [0.5, 0.6) is 0 Å². The third-order valence-corrected chi connectivity index (χ3v) is 11.2. The molecule has 0 aromatic heterocycles. The first kappa shape index (κ1) is 53.2. The molecule has 0 aliphatic rings. The summed E-state index contributed by atoms with van der Waals surface area (Å²) >= 11 is 0. The standard InChI is InChI=1S/C45H93N7O3/c1-7-10-13-16-19-22-25-28-31-40(46-4)43(53)49-34-37-52(38-35-50-44(54)41(47-5)32-29-26-23-20-17-14-11-8-2)39-36-51-45(55)42(48-6)33-30-27-24-21-18-15-12-9-3/h40-42,46-48H,7-39H2,1-6H3,(H,49,53)(H,50,54)(H,51,55). The molecule has 0 aromatic carbocycles. The maximum Gasteiger partial charge on any atom is 0.237 e. The van der Waals surface area contributed by atoms with Crippen LogP contribution in [0, 0.1) is 0 Å². The number of hydrogen-bond donors (Lipinski definition) is 6. The number of unbranched alkanes of at least 4 members (excludes halogenated alkanes) is 21. The molecular weight excluding hydrogens is 687 g/mol. The van der Waals surface area contributed by atoms with Crippen molar-refractivity contribution in [2.24, 2.45) is 0 Å². The van der Waals surface area contributed by atoms with Crippen LogP contribution in [0.15, 0.2) is 0 Å². The van der Waals surface area contributed by atoms with Gasteiger partial charge in [-0.2, -0.15) is 0 Å². The lowest BCUT2D eigenvalue weighted by molar-refractivity contribution is -0.123. The van der Waals surface area contributed by atoms with E-state index < -0.39 is 0 Å². The molecule has 0 aromatic rings. The van der Waals surface area contributed by atoms with Crippen LogP contribution in [0.25, 0.3) is 0 Å². The van der Waals surface area contributed by atoms with E-state index in [0.717, 1.165) is 38.5 Å². The Bertz CT molecular complexity index is 768. The van der Waals surface area contributed by atoms with Crippen molar-refractivity contribution in [3.63, 3.8) is 0 Å². The first-order chi connectivity index (χ1) is 26.9. The zero-order valence-electron chi connectivity index (χ0n) is 37.2. The summed E-state index contributed by atoms with van der Waals surface area (Å²) in [5.41, 5.74) is 0. The summed E-state index contributed by atoms with van der Waals surface area (Å²) in [6.07, 6.45) is 32.6. The number of hydrogen-bond acceptors (Lipinski definition) is 7. The topological polar surface area (TPSA) is 127 Å². The van der Waals surface area contributed by atoms with Crippen molar-refractivity contribution in [1.29, 1.82) is 0 Å². The number of carbonyl (C=O) groups excluding carboxylic acids is 3. The van der Waals surface area contributed by atoms with Gasteiger partial charge in [0, 0.05) is 39.3 Å².